The zero-order chi connectivity index (χ0) is 13.4. The van der Waals surface area contributed by atoms with Gasteiger partial charge in [0.25, 0.3) is 0 Å². The average Bonchev–Trinajstić information content (AvgIpc) is 2.74. The van der Waals surface area contributed by atoms with Gasteiger partial charge < -0.3 is 10.3 Å². The molecule has 3 nitrogen and oxygen atoms in total. The Hall–Kier alpha value is -2.00. The fraction of sp³-hybridized carbons (Fsp3) is 0.133. The van der Waals surface area contributed by atoms with Crippen LogP contribution in [0.5, 0.6) is 0 Å². The lowest BCUT2D eigenvalue weighted by Crippen LogP contribution is -2.10. The molecule has 3 aromatic rings. The quantitative estimate of drug-likeness (QED) is 0.769. The van der Waals surface area contributed by atoms with Crippen LogP contribution in [-0.2, 0) is 0 Å². The molecule has 19 heavy (non-hydrogen) atoms. The normalized spacial score (nSPS) is 12.7. The van der Waals surface area contributed by atoms with E-state index in [1.807, 2.05) is 53.1 Å². The zero-order valence-electron chi connectivity index (χ0n) is 10.5. The first kappa shape index (κ1) is 12.1. The van der Waals surface area contributed by atoms with Crippen molar-refractivity contribution in [3.63, 3.8) is 0 Å². The first-order chi connectivity index (χ1) is 9.18. The highest BCUT2D eigenvalue weighted by molar-refractivity contribution is 6.31. The number of para-hydroxylation sites is 2. The van der Waals surface area contributed by atoms with Crippen LogP contribution in [0.1, 0.15) is 18.5 Å². The highest BCUT2D eigenvalue weighted by Crippen LogP contribution is 2.30. The molecule has 2 N–H and O–H groups in total. The van der Waals surface area contributed by atoms with Crippen molar-refractivity contribution in [2.45, 2.75) is 13.0 Å². The van der Waals surface area contributed by atoms with E-state index in [1.165, 1.54) is 0 Å². The van der Waals surface area contributed by atoms with Crippen molar-refractivity contribution in [3.8, 4) is 0 Å². The van der Waals surface area contributed by atoms with Crippen LogP contribution in [0.3, 0.4) is 0 Å². The second-order valence-corrected chi connectivity index (χ2v) is 4.93. The molecule has 0 radical (unpaired) electrons. The van der Waals surface area contributed by atoms with Gasteiger partial charge in [0.05, 0.1) is 17.1 Å². The second kappa shape index (κ2) is 4.59. The van der Waals surface area contributed by atoms with Gasteiger partial charge in [0.15, 0.2) is 0 Å². The van der Waals surface area contributed by atoms with Crippen LogP contribution in [0.2, 0.25) is 5.02 Å². The highest BCUT2D eigenvalue weighted by atomic mass is 35.5. The van der Waals surface area contributed by atoms with Gasteiger partial charge in [-0.3, -0.25) is 0 Å². The van der Waals surface area contributed by atoms with E-state index in [1.54, 1.807) is 0 Å². The van der Waals surface area contributed by atoms with Gasteiger partial charge in [-0.1, -0.05) is 41.9 Å². The number of benzene rings is 2. The maximum absolute atomic E-state index is 6.26. The number of imidazole rings is 1. The van der Waals surface area contributed by atoms with Crippen LogP contribution < -0.4 is 5.73 Å². The first-order valence-electron chi connectivity index (χ1n) is 6.15. The lowest BCUT2D eigenvalue weighted by molar-refractivity contribution is 0.668. The van der Waals surface area contributed by atoms with Crippen molar-refractivity contribution in [1.29, 1.82) is 0 Å². The summed E-state index contributed by atoms with van der Waals surface area (Å²) in [5.41, 5.74) is 9.01. The Kier molecular flexibility index (Phi) is 2.91. The number of nitrogen functional groups attached to an aromatic ring is 1. The number of rotatable bonds is 2. The number of fused-ring (bicyclic) bond motifs is 1. The van der Waals surface area contributed by atoms with E-state index < -0.39 is 0 Å². The minimum atomic E-state index is 0.0427. The summed E-state index contributed by atoms with van der Waals surface area (Å²) in [5, 5.41) is 0.743. The molecule has 0 bridgehead atoms. The highest BCUT2D eigenvalue weighted by Gasteiger charge is 2.16. The van der Waals surface area contributed by atoms with Gasteiger partial charge >= 0.3 is 0 Å². The third-order valence-corrected chi connectivity index (χ3v) is 3.71. The van der Waals surface area contributed by atoms with Gasteiger partial charge in [-0.05, 0) is 30.7 Å². The number of hydrogen-bond acceptors (Lipinski definition) is 2. The Morgan fingerprint density at radius 3 is 2.58 bits per heavy atom. The summed E-state index contributed by atoms with van der Waals surface area (Å²) in [4.78, 5) is 4.39. The van der Waals surface area contributed by atoms with Gasteiger partial charge in [-0.2, -0.15) is 0 Å². The Balaban J connectivity index is 2.19. The fourth-order valence-corrected chi connectivity index (χ4v) is 2.72. The molecular weight excluding hydrogens is 258 g/mol. The summed E-state index contributed by atoms with van der Waals surface area (Å²) in [7, 11) is 0. The van der Waals surface area contributed by atoms with Crippen LogP contribution in [0.25, 0.3) is 11.0 Å². The molecule has 0 aliphatic carbocycles. The Morgan fingerprint density at radius 1 is 1.11 bits per heavy atom. The Bertz CT molecular complexity index is 733. The smallest absolute Gasteiger partial charge is 0.201 e. The number of nitrogens with zero attached hydrogens (tertiary/aromatic N) is 2. The van der Waals surface area contributed by atoms with Gasteiger partial charge in [0, 0.05) is 5.02 Å². The lowest BCUT2D eigenvalue weighted by Gasteiger charge is -2.17. The maximum atomic E-state index is 6.26. The monoisotopic (exact) mass is 271 g/mol. The number of halogens is 1. The molecule has 4 heteroatoms. The summed E-state index contributed by atoms with van der Waals surface area (Å²) in [6, 6.07) is 15.8. The third kappa shape index (κ3) is 1.96. The molecule has 96 valence electrons. The van der Waals surface area contributed by atoms with Crippen molar-refractivity contribution >= 4 is 28.6 Å². The molecule has 0 fully saturated rings. The van der Waals surface area contributed by atoms with Crippen LogP contribution in [-0.4, -0.2) is 9.55 Å². The molecule has 0 amide bonds. The van der Waals surface area contributed by atoms with E-state index >= 15 is 0 Å². The molecule has 0 aliphatic heterocycles. The second-order valence-electron chi connectivity index (χ2n) is 4.53. The summed E-state index contributed by atoms with van der Waals surface area (Å²) in [5.74, 6) is 0.508. The Labute approximate surface area is 116 Å². The molecule has 0 spiro atoms. The van der Waals surface area contributed by atoms with Gasteiger partial charge in [-0.25, -0.2) is 4.98 Å². The topological polar surface area (TPSA) is 43.8 Å². The summed E-state index contributed by atoms with van der Waals surface area (Å²) in [6.45, 7) is 2.08. The fourth-order valence-electron chi connectivity index (χ4n) is 2.42. The van der Waals surface area contributed by atoms with Crippen molar-refractivity contribution in [3.05, 3.63) is 59.1 Å². The van der Waals surface area contributed by atoms with E-state index in [-0.39, 0.29) is 6.04 Å². The van der Waals surface area contributed by atoms with E-state index in [0.717, 1.165) is 21.6 Å². The van der Waals surface area contributed by atoms with E-state index in [2.05, 4.69) is 11.9 Å². The van der Waals surface area contributed by atoms with Crippen molar-refractivity contribution < 1.29 is 0 Å². The molecule has 1 aromatic heterocycles. The molecule has 0 saturated heterocycles. The number of aromatic nitrogens is 2. The maximum Gasteiger partial charge on any atom is 0.201 e. The first-order valence-corrected chi connectivity index (χ1v) is 6.53. The summed E-state index contributed by atoms with van der Waals surface area (Å²) < 4.78 is 2.01. The molecule has 1 heterocycles. The molecule has 1 atom stereocenters. The predicted molar refractivity (Wildman–Crippen MR) is 79.4 cm³/mol. The lowest BCUT2D eigenvalue weighted by atomic mass is 10.1. The van der Waals surface area contributed by atoms with Crippen LogP contribution in [0.15, 0.2) is 48.5 Å². The van der Waals surface area contributed by atoms with Crippen LogP contribution >= 0.6 is 11.6 Å². The number of hydrogen-bond donors (Lipinski definition) is 1. The predicted octanol–water partition coefficient (Wildman–Crippen LogP) is 3.88. The molecule has 1 unspecified atom stereocenters. The minimum absolute atomic E-state index is 0.0427. The van der Waals surface area contributed by atoms with E-state index in [0.29, 0.717) is 5.95 Å². The van der Waals surface area contributed by atoms with Crippen molar-refractivity contribution in [2.24, 2.45) is 0 Å². The summed E-state index contributed by atoms with van der Waals surface area (Å²) in [6.07, 6.45) is 0. The molecule has 2 aromatic carbocycles. The molecule has 3 rings (SSSR count). The van der Waals surface area contributed by atoms with Crippen molar-refractivity contribution in [1.82, 2.24) is 9.55 Å². The van der Waals surface area contributed by atoms with Crippen LogP contribution in [0.4, 0.5) is 5.95 Å². The molecule has 0 saturated carbocycles. The summed E-state index contributed by atoms with van der Waals surface area (Å²) >= 11 is 6.26. The van der Waals surface area contributed by atoms with Gasteiger partial charge in [0.2, 0.25) is 5.95 Å². The van der Waals surface area contributed by atoms with Gasteiger partial charge in [-0.15, -0.1) is 0 Å². The Morgan fingerprint density at radius 2 is 1.79 bits per heavy atom. The SMILES string of the molecule is CC(c1ccccc1Cl)n1c(N)nc2ccccc21. The standard InChI is InChI=1S/C15H14ClN3/c1-10(11-6-2-3-7-12(11)16)19-14-9-5-4-8-13(14)18-15(19)17/h2-10H,1H3,(H2,17,18). The van der Waals surface area contributed by atoms with Crippen molar-refractivity contribution in [2.75, 3.05) is 5.73 Å². The molecule has 0 aliphatic rings. The average molecular weight is 272 g/mol. The third-order valence-electron chi connectivity index (χ3n) is 3.37. The van der Waals surface area contributed by atoms with E-state index in [9.17, 15) is 0 Å². The van der Waals surface area contributed by atoms with Crippen LogP contribution in [0, 0.1) is 0 Å². The van der Waals surface area contributed by atoms with E-state index in [4.69, 9.17) is 17.3 Å². The minimum Gasteiger partial charge on any atom is -0.369 e. The number of nitrogens with two attached hydrogens (primary N) is 1. The zero-order valence-corrected chi connectivity index (χ0v) is 11.3. The molecular formula is C15H14ClN3. The largest absolute Gasteiger partial charge is 0.369 e. The number of anilines is 1. The van der Waals surface area contributed by atoms with Gasteiger partial charge in [0.1, 0.15) is 0 Å².